The van der Waals surface area contributed by atoms with Crippen molar-refractivity contribution in [3.05, 3.63) is 12.2 Å². The van der Waals surface area contributed by atoms with E-state index in [2.05, 4.69) is 13.5 Å². The van der Waals surface area contributed by atoms with Gasteiger partial charge in [0.05, 0.1) is 44.6 Å². The van der Waals surface area contributed by atoms with E-state index >= 15 is 0 Å². The number of hydrogen-bond donors (Lipinski definition) is 17. The van der Waals surface area contributed by atoms with Crippen LogP contribution >= 0.6 is 0 Å². The predicted octanol–water partition coefficient (Wildman–Crippen LogP) is -6.77. The molecule has 27 nitrogen and oxygen atoms in total. The number of carbonyl (C=O) groups is 1. The number of carbonyl (C=O) groups excluding carboxylic acids is 1. The van der Waals surface area contributed by atoms with E-state index in [4.69, 9.17) is 42.6 Å². The highest BCUT2D eigenvalue weighted by Gasteiger charge is 2.62. The predicted molar refractivity (Wildman–Crippen MR) is 252 cm³/mol. The molecular weight excluding hydrogens is 1030 g/mol. The van der Waals surface area contributed by atoms with Gasteiger partial charge in [0.2, 0.25) is 6.29 Å². The van der Waals surface area contributed by atoms with E-state index in [0.29, 0.717) is 44.9 Å². The van der Waals surface area contributed by atoms with Crippen LogP contribution in [0.1, 0.15) is 71.6 Å². The zero-order valence-electron chi connectivity index (χ0n) is 43.0. The Bertz CT molecular complexity index is 1950. The average molecular weight is 1120 g/mol. The molecule has 0 bridgehead atoms. The number of aliphatic hydroxyl groups is 17. The maximum Gasteiger partial charge on any atom is 0.314 e. The fraction of sp³-hybridized carbons (Fsp3) is 0.940. The van der Waals surface area contributed by atoms with Gasteiger partial charge < -0.3 is 129 Å². The lowest BCUT2D eigenvalue weighted by Gasteiger charge is -2.59. The summed E-state index contributed by atoms with van der Waals surface area (Å²) in [5, 5.41) is 180. The molecular formula is C50H82O27. The number of allylic oxidation sites excluding steroid dienone is 1. The van der Waals surface area contributed by atoms with Crippen molar-refractivity contribution >= 4 is 5.97 Å². The molecule has 0 aromatic heterocycles. The van der Waals surface area contributed by atoms with Crippen molar-refractivity contribution in [3.8, 4) is 0 Å². The first-order valence-electron chi connectivity index (χ1n) is 26.8. The summed E-state index contributed by atoms with van der Waals surface area (Å²) in [6.07, 6.45) is -37.9. The molecule has 8 aliphatic rings. The minimum atomic E-state index is -1.95. The van der Waals surface area contributed by atoms with Crippen LogP contribution in [0.2, 0.25) is 0 Å². The Balaban J connectivity index is 1.02. The third kappa shape index (κ3) is 11.7. The second-order valence-corrected chi connectivity index (χ2v) is 23.0. The van der Waals surface area contributed by atoms with Gasteiger partial charge in [-0.15, -0.1) is 0 Å². The van der Waals surface area contributed by atoms with Gasteiger partial charge in [-0.3, -0.25) is 4.79 Å². The molecule has 5 aliphatic heterocycles. The van der Waals surface area contributed by atoms with E-state index in [-0.39, 0.29) is 30.1 Å². The Hall–Kier alpha value is -1.79. The molecule has 0 aromatic rings. The fourth-order valence-corrected chi connectivity index (χ4v) is 14.0. The van der Waals surface area contributed by atoms with E-state index in [0.717, 1.165) is 12.0 Å². The fourth-order valence-electron chi connectivity index (χ4n) is 14.0. The number of ether oxygens (including phenoxy) is 9. The molecule has 0 spiro atoms. The first-order chi connectivity index (χ1) is 36.5. The molecule has 5 heterocycles. The molecule has 0 radical (unpaired) electrons. The SMILES string of the molecule is C=C1CC2CCC3[C@](C)(C(=O)OC4OC(CO)C(O)C(O)C4OC4OC(CO)C(O)C(O)C4O)CCC[C@@]3(C)[C@@H]2CCC1CC1OC(CO)C(O)C(OC2OC(CO)C(O)C(O)C2O)C1OC1OC(CO)C(O)C(O)C1O. The van der Waals surface area contributed by atoms with Crippen LogP contribution in [-0.2, 0) is 47.4 Å². The zero-order chi connectivity index (χ0) is 56.2. The standard InChI is InChI=1S/C50H82O27/c1-18-11-20-6-8-28-49(2,9-4-10-50(28,3)48(68)77-47-43(37(64)32(59)26(16-54)73-47)76-46-40(67)36(63)31(58)25(15-53)72-46)21(20)7-5-19(18)12-22-41(74-44-38(65)34(61)29(56)23(13-51)70-44)42(33(60)27(17-55)69-22)75-45-39(66)35(62)30(57)24(14-52)71-45/h19-47,51-67H,1,4-17H2,2-3H3/t19?,20?,21-,22?,23?,24?,25?,26?,27?,28?,29?,30?,31?,32?,33?,34?,35?,36?,37?,38?,39?,40?,41?,42?,43?,44?,45?,46?,47?,49+,50-/m1/s1. The molecule has 0 aromatic carbocycles. The maximum atomic E-state index is 14.8. The number of rotatable bonds is 15. The normalized spacial score (nSPS) is 52.7. The van der Waals surface area contributed by atoms with Crippen molar-refractivity contribution in [2.75, 3.05) is 33.0 Å². The molecule has 8 rings (SSSR count). The van der Waals surface area contributed by atoms with E-state index in [1.165, 1.54) is 0 Å². The summed E-state index contributed by atoms with van der Waals surface area (Å²) in [6, 6.07) is 0. The molecule has 0 amide bonds. The number of esters is 1. The molecule has 28 unspecified atom stereocenters. The first kappa shape index (κ1) is 61.3. The van der Waals surface area contributed by atoms with Gasteiger partial charge in [-0.2, -0.15) is 0 Å². The van der Waals surface area contributed by atoms with Crippen molar-refractivity contribution in [2.24, 2.45) is 34.5 Å². The largest absolute Gasteiger partial charge is 0.432 e. The number of hydrogen-bond acceptors (Lipinski definition) is 27. The highest BCUT2D eigenvalue weighted by atomic mass is 16.8. The van der Waals surface area contributed by atoms with Gasteiger partial charge in [0.15, 0.2) is 25.0 Å². The average Bonchev–Trinajstić information content (AvgIpc) is 3.62. The van der Waals surface area contributed by atoms with Crippen LogP contribution < -0.4 is 0 Å². The Morgan fingerprint density at radius 3 is 1.43 bits per heavy atom. The van der Waals surface area contributed by atoms with E-state index in [1.807, 2.05) is 0 Å². The summed E-state index contributed by atoms with van der Waals surface area (Å²) in [5.74, 6) is -1.29. The second kappa shape index (κ2) is 25.0. The lowest BCUT2D eigenvalue weighted by Crippen LogP contribution is -2.67. The lowest BCUT2D eigenvalue weighted by atomic mass is 9.45. The van der Waals surface area contributed by atoms with Crippen molar-refractivity contribution in [2.45, 2.75) is 225 Å². The Labute approximate surface area is 444 Å². The van der Waals surface area contributed by atoms with Crippen LogP contribution in [0.15, 0.2) is 12.2 Å². The van der Waals surface area contributed by atoms with Crippen LogP contribution in [0.5, 0.6) is 0 Å². The van der Waals surface area contributed by atoms with Crippen LogP contribution in [0.4, 0.5) is 0 Å². The molecule has 444 valence electrons. The van der Waals surface area contributed by atoms with Gasteiger partial charge in [0, 0.05) is 0 Å². The van der Waals surface area contributed by atoms with E-state index in [9.17, 15) is 91.6 Å². The van der Waals surface area contributed by atoms with Crippen molar-refractivity contribution in [1.82, 2.24) is 0 Å². The monoisotopic (exact) mass is 1110 g/mol. The van der Waals surface area contributed by atoms with Crippen molar-refractivity contribution in [1.29, 1.82) is 0 Å². The van der Waals surface area contributed by atoms with Gasteiger partial charge in [-0.1, -0.05) is 25.5 Å². The van der Waals surface area contributed by atoms with Gasteiger partial charge in [0.1, 0.15) is 116 Å². The second-order valence-electron chi connectivity index (χ2n) is 23.0. The van der Waals surface area contributed by atoms with E-state index in [1.54, 1.807) is 6.92 Å². The van der Waals surface area contributed by atoms with Crippen LogP contribution in [0.3, 0.4) is 0 Å². The summed E-state index contributed by atoms with van der Waals surface area (Å²) >= 11 is 0. The highest BCUT2D eigenvalue weighted by Crippen LogP contribution is 2.64. The first-order valence-corrected chi connectivity index (χ1v) is 26.8. The lowest BCUT2D eigenvalue weighted by molar-refractivity contribution is -0.371. The summed E-state index contributed by atoms with van der Waals surface area (Å²) in [6.45, 7) is 4.50. The molecule has 8 fully saturated rings. The third-order valence-electron chi connectivity index (χ3n) is 18.5. The van der Waals surface area contributed by atoms with Gasteiger partial charge in [-0.25, -0.2) is 0 Å². The van der Waals surface area contributed by atoms with Gasteiger partial charge in [-0.05, 0) is 87.4 Å². The molecule has 77 heavy (non-hydrogen) atoms. The summed E-state index contributed by atoms with van der Waals surface area (Å²) < 4.78 is 53.4. The maximum absolute atomic E-state index is 14.8. The Morgan fingerprint density at radius 1 is 0.494 bits per heavy atom. The molecule has 27 heteroatoms. The zero-order valence-corrected chi connectivity index (χ0v) is 43.0. The van der Waals surface area contributed by atoms with Crippen molar-refractivity contribution in [3.63, 3.8) is 0 Å². The summed E-state index contributed by atoms with van der Waals surface area (Å²) in [5.41, 5.74) is -0.835. The summed E-state index contributed by atoms with van der Waals surface area (Å²) in [7, 11) is 0. The van der Waals surface area contributed by atoms with Gasteiger partial charge >= 0.3 is 5.97 Å². The third-order valence-corrected chi connectivity index (χ3v) is 18.5. The quantitative estimate of drug-likeness (QED) is 0.0535. The van der Waals surface area contributed by atoms with Crippen LogP contribution in [0.25, 0.3) is 0 Å². The smallest absolute Gasteiger partial charge is 0.314 e. The molecule has 31 atom stereocenters. The van der Waals surface area contributed by atoms with Crippen LogP contribution in [0, 0.1) is 34.5 Å². The number of aliphatic hydroxyl groups excluding tert-OH is 17. The molecule has 5 saturated heterocycles. The molecule has 17 N–H and O–H groups in total. The number of fused-ring (bicyclic) bond motifs is 3. The topological polar surface area (TPSA) is 444 Å². The van der Waals surface area contributed by atoms with Gasteiger partial charge in [0.25, 0.3) is 0 Å². The molecule has 3 aliphatic carbocycles. The highest BCUT2D eigenvalue weighted by molar-refractivity contribution is 5.77. The van der Waals surface area contributed by atoms with Crippen molar-refractivity contribution < 1.29 is 134 Å². The van der Waals surface area contributed by atoms with Crippen LogP contribution in [-0.4, -0.2) is 279 Å². The minimum absolute atomic E-state index is 0.00193. The van der Waals surface area contributed by atoms with E-state index < -0.39 is 203 Å². The minimum Gasteiger partial charge on any atom is -0.432 e. The molecule has 3 saturated carbocycles. The Morgan fingerprint density at radius 2 is 0.935 bits per heavy atom. The Kier molecular flexibility index (Phi) is 19.9. The summed E-state index contributed by atoms with van der Waals surface area (Å²) in [4.78, 5) is 14.8.